The Morgan fingerprint density at radius 2 is 1.00 bits per heavy atom. The van der Waals surface area contributed by atoms with Crippen LogP contribution in [0.2, 0.25) is 0 Å². The molecule has 0 fully saturated rings. The van der Waals surface area contributed by atoms with Crippen LogP contribution in [0, 0.1) is 0 Å². The summed E-state index contributed by atoms with van der Waals surface area (Å²) in [5.74, 6) is 0. The summed E-state index contributed by atoms with van der Waals surface area (Å²) >= 11 is 0. The molecule has 3 heteroatoms. The average molecular weight is 408 g/mol. The van der Waals surface area contributed by atoms with Crippen LogP contribution in [0.1, 0.15) is 7.43 Å². The minimum Gasteiger partial charge on any atom is -0.0776 e. The molecule has 0 aliphatic heterocycles. The van der Waals surface area contributed by atoms with E-state index in [4.69, 9.17) is 0 Å². The summed E-state index contributed by atoms with van der Waals surface area (Å²) in [5.41, 5.74) is 0. The quantitative estimate of drug-likeness (QED) is 0.461. The summed E-state index contributed by atoms with van der Waals surface area (Å²) in [6, 6.07) is 0. The van der Waals surface area contributed by atoms with Crippen LogP contribution in [0.25, 0.3) is 0 Å². The fourth-order valence-electron chi connectivity index (χ4n) is 0. The van der Waals surface area contributed by atoms with Gasteiger partial charge in [0.2, 0.25) is 0 Å². The number of rotatable bonds is 0. The van der Waals surface area contributed by atoms with Gasteiger partial charge in [0, 0.05) is 48.2 Å². The van der Waals surface area contributed by atoms with Crippen molar-refractivity contribution in [3.8, 4) is 0 Å². The van der Waals surface area contributed by atoms with Crippen molar-refractivity contribution in [1.82, 2.24) is 0 Å². The molecule has 0 aromatic carbocycles. The van der Waals surface area contributed by atoms with E-state index >= 15 is 0 Å². The molecular formula is CH8HfSiTa. The Morgan fingerprint density at radius 3 is 1.00 bits per heavy atom. The van der Waals surface area contributed by atoms with Gasteiger partial charge in [-0.15, -0.1) is 0 Å². The van der Waals surface area contributed by atoms with Gasteiger partial charge in [-0.3, -0.25) is 0 Å². The molecule has 0 spiro atoms. The molecule has 0 atom stereocenters. The molecule has 0 nitrogen and oxygen atoms in total. The summed E-state index contributed by atoms with van der Waals surface area (Å²) in [5, 5.41) is 0. The molecule has 1 radical (unpaired) electrons. The molecule has 4 heavy (non-hydrogen) atoms. The number of hydrogen-bond donors (Lipinski definition) is 0. The second-order valence-corrected chi connectivity index (χ2v) is 0. The molecule has 25 valence electrons. The van der Waals surface area contributed by atoms with Gasteiger partial charge in [-0.25, -0.2) is 0 Å². The van der Waals surface area contributed by atoms with Crippen LogP contribution in [-0.4, -0.2) is 11.0 Å². The molecular weight excluding hydrogens is 400 g/mol. The van der Waals surface area contributed by atoms with Gasteiger partial charge in [0.25, 0.3) is 0 Å². The minimum absolute atomic E-state index is 0. The van der Waals surface area contributed by atoms with Crippen LogP contribution in [0.4, 0.5) is 0 Å². The maximum absolute atomic E-state index is 0. The molecule has 0 N–H and O–H groups in total. The first kappa shape index (κ1) is 40.7. The zero-order chi connectivity index (χ0) is 0. The van der Waals surface area contributed by atoms with Crippen molar-refractivity contribution in [1.29, 1.82) is 0 Å². The SMILES string of the molecule is C.[Hf].[SiH4].[Ta]. The van der Waals surface area contributed by atoms with Crippen molar-refractivity contribution >= 4 is 11.0 Å². The second-order valence-electron chi connectivity index (χ2n) is 0. The van der Waals surface area contributed by atoms with Crippen LogP contribution < -0.4 is 0 Å². The predicted octanol–water partition coefficient (Wildman–Crippen LogP) is -0.821. The first-order valence-electron chi connectivity index (χ1n) is 0. The van der Waals surface area contributed by atoms with E-state index in [0.29, 0.717) is 0 Å². The molecule has 0 heterocycles. The van der Waals surface area contributed by atoms with Crippen molar-refractivity contribution in [2.75, 3.05) is 0 Å². The summed E-state index contributed by atoms with van der Waals surface area (Å²) in [7, 11) is 0. The third kappa shape index (κ3) is 9.16. The fraction of sp³-hybridized carbons (Fsp3) is 1.00. The van der Waals surface area contributed by atoms with E-state index in [1.165, 1.54) is 0 Å². The van der Waals surface area contributed by atoms with Gasteiger partial charge in [-0.2, -0.15) is 0 Å². The van der Waals surface area contributed by atoms with Gasteiger partial charge in [-0.1, -0.05) is 7.43 Å². The molecule has 0 saturated carbocycles. The van der Waals surface area contributed by atoms with E-state index in [9.17, 15) is 0 Å². The number of hydrogen-bond acceptors (Lipinski definition) is 0. The van der Waals surface area contributed by atoms with E-state index in [2.05, 4.69) is 0 Å². The molecule has 0 saturated heterocycles. The van der Waals surface area contributed by atoms with E-state index in [1.807, 2.05) is 0 Å². The Bertz CT molecular complexity index is 8.00. The van der Waals surface area contributed by atoms with Crippen molar-refractivity contribution < 1.29 is 48.2 Å². The average Bonchev–Trinajstić information content (AvgIpc) is 0. The van der Waals surface area contributed by atoms with E-state index in [-0.39, 0.29) is 66.6 Å². The normalized spacial score (nSPS) is 0. The van der Waals surface area contributed by atoms with Crippen LogP contribution in [0.3, 0.4) is 0 Å². The predicted molar refractivity (Wildman–Crippen MR) is 18.1 cm³/mol. The Hall–Kier alpha value is 1.83. The summed E-state index contributed by atoms with van der Waals surface area (Å²) < 4.78 is 0. The maximum Gasteiger partial charge on any atom is 0 e. The first-order chi connectivity index (χ1) is 0. The summed E-state index contributed by atoms with van der Waals surface area (Å²) in [4.78, 5) is 0. The Kier molecular flexibility index (Phi) is 215. The third-order valence-corrected chi connectivity index (χ3v) is 0. The van der Waals surface area contributed by atoms with Gasteiger partial charge < -0.3 is 0 Å². The maximum atomic E-state index is 0. The van der Waals surface area contributed by atoms with Gasteiger partial charge in [0.1, 0.15) is 0 Å². The topological polar surface area (TPSA) is 0 Å². The third-order valence-electron chi connectivity index (χ3n) is 0. The van der Waals surface area contributed by atoms with Gasteiger partial charge >= 0.3 is 0 Å². The monoisotopic (exact) mass is 409 g/mol. The molecule has 0 aliphatic carbocycles. The first-order valence-corrected chi connectivity index (χ1v) is 0. The fourth-order valence-corrected chi connectivity index (χ4v) is 0. The second kappa shape index (κ2) is 21.2. The van der Waals surface area contributed by atoms with Crippen LogP contribution in [-0.2, 0) is 48.2 Å². The van der Waals surface area contributed by atoms with Crippen molar-refractivity contribution in [2.24, 2.45) is 0 Å². The Labute approximate surface area is 66.1 Å². The minimum atomic E-state index is 0. The summed E-state index contributed by atoms with van der Waals surface area (Å²) in [6.45, 7) is 0. The smallest absolute Gasteiger partial charge is 0 e. The molecule has 0 unspecified atom stereocenters. The van der Waals surface area contributed by atoms with Crippen LogP contribution >= 0.6 is 0 Å². The van der Waals surface area contributed by atoms with E-state index in [1.54, 1.807) is 0 Å². The van der Waals surface area contributed by atoms with Crippen LogP contribution in [0.15, 0.2) is 0 Å². The largest absolute Gasteiger partial charge is 0.0776 e. The molecule has 0 aliphatic rings. The van der Waals surface area contributed by atoms with Gasteiger partial charge in [0.15, 0.2) is 0 Å². The van der Waals surface area contributed by atoms with Crippen molar-refractivity contribution in [3.05, 3.63) is 0 Å². The molecule has 0 bridgehead atoms. The molecule has 0 rings (SSSR count). The zero-order valence-corrected chi connectivity index (χ0v) is 7.75. The van der Waals surface area contributed by atoms with E-state index in [0.717, 1.165) is 0 Å². The summed E-state index contributed by atoms with van der Waals surface area (Å²) in [6.07, 6.45) is 0. The standard InChI is InChI=1S/CH4.Hf.H4Si.Ta/h1H4;;1H4;. The van der Waals surface area contributed by atoms with Gasteiger partial charge in [0.05, 0.1) is 0 Å². The molecule has 0 aromatic rings. The van der Waals surface area contributed by atoms with E-state index < -0.39 is 0 Å². The van der Waals surface area contributed by atoms with Crippen LogP contribution in [0.5, 0.6) is 0 Å². The Balaban J connectivity index is 0. The Morgan fingerprint density at radius 1 is 1.00 bits per heavy atom. The van der Waals surface area contributed by atoms with Crippen molar-refractivity contribution in [2.45, 2.75) is 7.43 Å². The van der Waals surface area contributed by atoms with Gasteiger partial charge in [-0.05, 0) is 11.0 Å². The molecule has 0 amide bonds. The zero-order valence-electron chi connectivity index (χ0n) is 0.947. The van der Waals surface area contributed by atoms with Crippen molar-refractivity contribution in [3.63, 3.8) is 0 Å². The molecule has 0 aromatic heterocycles.